The molecule has 0 aliphatic carbocycles. The Hall–Kier alpha value is -1.92. The molecule has 0 amide bonds. The molecule has 2 aliphatic rings. The van der Waals surface area contributed by atoms with Crippen LogP contribution in [0.2, 0.25) is 0 Å². The van der Waals surface area contributed by atoms with Gasteiger partial charge in [0.15, 0.2) is 0 Å². The zero-order valence-electron chi connectivity index (χ0n) is 17.6. The molecule has 2 fully saturated rings. The van der Waals surface area contributed by atoms with Gasteiger partial charge in [-0.15, -0.1) is 24.8 Å². The number of halogens is 3. The van der Waals surface area contributed by atoms with E-state index in [0.29, 0.717) is 17.9 Å². The van der Waals surface area contributed by atoms with Gasteiger partial charge in [-0.05, 0) is 42.1 Å². The van der Waals surface area contributed by atoms with Gasteiger partial charge in [-0.1, -0.05) is 42.5 Å². The lowest BCUT2D eigenvalue weighted by Gasteiger charge is -2.26. The highest BCUT2D eigenvalue weighted by Gasteiger charge is 2.46. The van der Waals surface area contributed by atoms with Crippen molar-refractivity contribution in [2.75, 3.05) is 26.7 Å². The van der Waals surface area contributed by atoms with Crippen LogP contribution in [0.5, 0.6) is 0 Å². The third-order valence-electron chi connectivity index (χ3n) is 6.44. The van der Waals surface area contributed by atoms with E-state index in [1.54, 1.807) is 6.07 Å². The van der Waals surface area contributed by atoms with E-state index in [2.05, 4.69) is 58.5 Å². The number of likely N-dealkylation sites (tertiary alicyclic amines) is 2. The van der Waals surface area contributed by atoms with E-state index in [0.717, 1.165) is 38.3 Å². The molecular formula is C24H29Cl2FN4. The normalized spacial score (nSPS) is 23.2. The molecule has 0 saturated carbocycles. The minimum atomic E-state index is -0.139. The van der Waals surface area contributed by atoms with E-state index >= 15 is 0 Å². The molecule has 5 rings (SSSR count). The van der Waals surface area contributed by atoms with Crippen molar-refractivity contribution in [3.8, 4) is 0 Å². The molecule has 3 aromatic rings. The molecule has 4 nitrogen and oxygen atoms in total. The Morgan fingerprint density at radius 1 is 0.935 bits per heavy atom. The molecule has 0 bridgehead atoms. The number of hydrogen-bond acceptors (Lipinski definition) is 3. The van der Waals surface area contributed by atoms with E-state index < -0.39 is 0 Å². The van der Waals surface area contributed by atoms with Crippen molar-refractivity contribution in [1.29, 1.82) is 0 Å². The third kappa shape index (κ3) is 5.12. The van der Waals surface area contributed by atoms with Crippen molar-refractivity contribution >= 4 is 24.8 Å². The minimum Gasteiger partial charge on any atom is -0.299 e. The predicted molar refractivity (Wildman–Crippen MR) is 126 cm³/mol. The summed E-state index contributed by atoms with van der Waals surface area (Å²) >= 11 is 0. The molecule has 2 aromatic carbocycles. The molecule has 2 saturated heterocycles. The van der Waals surface area contributed by atoms with Gasteiger partial charge >= 0.3 is 0 Å². The van der Waals surface area contributed by atoms with Crippen LogP contribution in [-0.4, -0.2) is 46.3 Å². The fraction of sp³-hybridized carbons (Fsp3) is 0.375. The predicted octanol–water partition coefficient (Wildman–Crippen LogP) is 4.65. The van der Waals surface area contributed by atoms with Gasteiger partial charge in [0.05, 0.1) is 12.7 Å². The summed E-state index contributed by atoms with van der Waals surface area (Å²) in [6, 6.07) is 17.9. The number of fused-ring (bicyclic) bond motifs is 1. The highest BCUT2D eigenvalue weighted by atomic mass is 35.5. The highest BCUT2D eigenvalue weighted by Crippen LogP contribution is 2.44. The van der Waals surface area contributed by atoms with Crippen molar-refractivity contribution in [1.82, 2.24) is 19.6 Å². The molecule has 0 radical (unpaired) electrons. The number of benzene rings is 2. The summed E-state index contributed by atoms with van der Waals surface area (Å²) in [6.07, 6.45) is 4.16. The van der Waals surface area contributed by atoms with Gasteiger partial charge in [0.25, 0.3) is 0 Å². The zero-order chi connectivity index (χ0) is 19.8. The second-order valence-electron chi connectivity index (χ2n) is 8.59. The SMILES string of the molecule is CN1C[C@H]2CN(Cc3cnn(Cc4ccccc4)c3)C[C@H]2[C@@H]1c1cccc(F)c1.Cl.Cl. The average molecular weight is 463 g/mol. The largest absolute Gasteiger partial charge is 0.299 e. The lowest BCUT2D eigenvalue weighted by atomic mass is 9.89. The maximum atomic E-state index is 13.8. The maximum Gasteiger partial charge on any atom is 0.123 e. The molecule has 3 atom stereocenters. The smallest absolute Gasteiger partial charge is 0.123 e. The van der Waals surface area contributed by atoms with Crippen LogP contribution in [-0.2, 0) is 13.1 Å². The fourth-order valence-corrected chi connectivity index (χ4v) is 5.27. The van der Waals surface area contributed by atoms with Gasteiger partial charge in [0.2, 0.25) is 0 Å². The number of nitrogens with zero attached hydrogens (tertiary/aromatic N) is 4. The molecule has 3 heterocycles. The van der Waals surface area contributed by atoms with E-state index in [-0.39, 0.29) is 30.6 Å². The van der Waals surface area contributed by atoms with Crippen LogP contribution in [0.4, 0.5) is 4.39 Å². The molecule has 0 unspecified atom stereocenters. The second-order valence-corrected chi connectivity index (χ2v) is 8.59. The average Bonchev–Trinajstić information content (AvgIpc) is 3.37. The van der Waals surface area contributed by atoms with Crippen molar-refractivity contribution in [3.63, 3.8) is 0 Å². The van der Waals surface area contributed by atoms with Gasteiger partial charge in [-0.25, -0.2) is 4.39 Å². The molecule has 0 N–H and O–H groups in total. The van der Waals surface area contributed by atoms with Gasteiger partial charge in [0, 0.05) is 44.0 Å². The van der Waals surface area contributed by atoms with E-state index in [9.17, 15) is 4.39 Å². The van der Waals surface area contributed by atoms with Crippen LogP contribution in [0, 0.1) is 17.7 Å². The minimum absolute atomic E-state index is 0. The van der Waals surface area contributed by atoms with Crippen molar-refractivity contribution in [3.05, 3.63) is 89.5 Å². The van der Waals surface area contributed by atoms with Crippen LogP contribution in [0.3, 0.4) is 0 Å². The number of aromatic nitrogens is 2. The van der Waals surface area contributed by atoms with E-state index in [4.69, 9.17) is 0 Å². The van der Waals surface area contributed by atoms with E-state index in [1.807, 2.05) is 23.0 Å². The number of hydrogen-bond donors (Lipinski definition) is 0. The Morgan fingerprint density at radius 2 is 1.74 bits per heavy atom. The quantitative estimate of drug-likeness (QED) is 0.551. The van der Waals surface area contributed by atoms with Crippen LogP contribution in [0.1, 0.15) is 22.7 Å². The molecule has 2 aliphatic heterocycles. The first-order valence-corrected chi connectivity index (χ1v) is 10.4. The molecule has 166 valence electrons. The summed E-state index contributed by atoms with van der Waals surface area (Å²) in [4.78, 5) is 4.94. The molecule has 7 heteroatoms. The second kappa shape index (κ2) is 10.1. The third-order valence-corrected chi connectivity index (χ3v) is 6.44. The standard InChI is InChI=1S/C24H27FN4.2ClH/c1-27-15-21-16-28(17-23(21)24(27)20-8-5-9-22(25)10-20)12-19-11-26-29(14-19)13-18-6-3-2-4-7-18;;/h2-11,14,21,23-24H,12-13,15-17H2,1H3;2*1H/t21-,23+,24-;;/m0../s1. The lowest BCUT2D eigenvalue weighted by Crippen LogP contribution is -2.28. The van der Waals surface area contributed by atoms with Crippen LogP contribution in [0.15, 0.2) is 67.0 Å². The Morgan fingerprint density at radius 3 is 2.52 bits per heavy atom. The van der Waals surface area contributed by atoms with Crippen molar-refractivity contribution in [2.45, 2.75) is 19.1 Å². The summed E-state index contributed by atoms with van der Waals surface area (Å²) in [5, 5.41) is 4.55. The zero-order valence-corrected chi connectivity index (χ0v) is 19.2. The maximum absolute atomic E-state index is 13.8. The molecule has 0 spiro atoms. The summed E-state index contributed by atoms with van der Waals surface area (Å²) in [6.45, 7) is 4.97. The Kier molecular flexibility index (Phi) is 7.76. The van der Waals surface area contributed by atoms with Gasteiger partial charge < -0.3 is 0 Å². The fourth-order valence-electron chi connectivity index (χ4n) is 5.27. The first-order valence-electron chi connectivity index (χ1n) is 10.4. The van der Waals surface area contributed by atoms with Crippen molar-refractivity contribution in [2.24, 2.45) is 11.8 Å². The van der Waals surface area contributed by atoms with Crippen molar-refractivity contribution < 1.29 is 4.39 Å². The van der Waals surface area contributed by atoms with Gasteiger partial charge in [0.1, 0.15) is 5.82 Å². The summed E-state index contributed by atoms with van der Waals surface area (Å²) in [5.41, 5.74) is 3.63. The Balaban J connectivity index is 0.00000136. The topological polar surface area (TPSA) is 24.3 Å². The Labute approximate surface area is 195 Å². The first kappa shape index (κ1) is 23.7. The number of rotatable bonds is 5. The van der Waals surface area contributed by atoms with E-state index in [1.165, 1.54) is 17.2 Å². The Bertz CT molecular complexity index is 980. The van der Waals surface area contributed by atoms with Crippen LogP contribution in [0.25, 0.3) is 0 Å². The molecular weight excluding hydrogens is 434 g/mol. The molecule has 31 heavy (non-hydrogen) atoms. The highest BCUT2D eigenvalue weighted by molar-refractivity contribution is 5.85. The summed E-state index contributed by atoms with van der Waals surface area (Å²) in [5.74, 6) is 1.06. The van der Waals surface area contributed by atoms with Crippen LogP contribution < -0.4 is 0 Å². The first-order chi connectivity index (χ1) is 14.2. The lowest BCUT2D eigenvalue weighted by molar-refractivity contribution is 0.224. The molecule has 1 aromatic heterocycles. The van der Waals surface area contributed by atoms with Crippen LogP contribution >= 0.6 is 24.8 Å². The summed E-state index contributed by atoms with van der Waals surface area (Å²) < 4.78 is 15.8. The summed E-state index contributed by atoms with van der Waals surface area (Å²) in [7, 11) is 2.17. The monoisotopic (exact) mass is 462 g/mol. The van der Waals surface area contributed by atoms with Gasteiger partial charge in [-0.3, -0.25) is 14.5 Å². The van der Waals surface area contributed by atoms with Gasteiger partial charge in [-0.2, -0.15) is 5.10 Å².